The summed E-state index contributed by atoms with van der Waals surface area (Å²) in [5.74, 6) is -0.172. The molecule has 0 aliphatic carbocycles. The Morgan fingerprint density at radius 1 is 0.947 bits per heavy atom. The van der Waals surface area contributed by atoms with Crippen LogP contribution in [0.2, 0.25) is 0 Å². The van der Waals surface area contributed by atoms with Crippen LogP contribution in [0.4, 0.5) is 4.39 Å². The Balaban J connectivity index is 1.65. The van der Waals surface area contributed by atoms with Gasteiger partial charge in [-0.3, -0.25) is 0 Å². The topological polar surface area (TPSA) is 12.0 Å². The van der Waals surface area contributed by atoms with E-state index in [2.05, 4.69) is 23.5 Å². The van der Waals surface area contributed by atoms with Crippen molar-refractivity contribution in [1.29, 1.82) is 0 Å². The Bertz CT molecular complexity index is 676. The predicted octanol–water partition coefficient (Wildman–Crippen LogP) is 4.33. The third kappa shape index (κ3) is 3.00. The maximum absolute atomic E-state index is 13.1. The number of hydrogen-bond acceptors (Lipinski definition) is 2. The highest BCUT2D eigenvalue weighted by Crippen LogP contribution is 2.26. The fourth-order valence-electron chi connectivity index (χ4n) is 2.08. The smallest absolute Gasteiger partial charge is 0.123 e. The monoisotopic (exact) mass is 271 g/mol. The van der Waals surface area contributed by atoms with Crippen molar-refractivity contribution in [2.45, 2.75) is 13.1 Å². The Morgan fingerprint density at radius 2 is 1.79 bits per heavy atom. The van der Waals surface area contributed by atoms with Crippen molar-refractivity contribution in [2.24, 2.45) is 0 Å². The van der Waals surface area contributed by atoms with Gasteiger partial charge in [0.1, 0.15) is 5.82 Å². The SMILES string of the molecule is Fc1ccc2sc(CNCc3ccccc3)cc2c1. The van der Waals surface area contributed by atoms with Gasteiger partial charge in [0.15, 0.2) is 0 Å². The minimum absolute atomic E-state index is 0.172. The van der Waals surface area contributed by atoms with Gasteiger partial charge in [0.2, 0.25) is 0 Å². The van der Waals surface area contributed by atoms with Crippen molar-refractivity contribution in [3.8, 4) is 0 Å². The minimum atomic E-state index is -0.172. The zero-order chi connectivity index (χ0) is 13.1. The highest BCUT2D eigenvalue weighted by molar-refractivity contribution is 7.19. The molecule has 19 heavy (non-hydrogen) atoms. The van der Waals surface area contributed by atoms with Crippen LogP contribution in [-0.2, 0) is 13.1 Å². The van der Waals surface area contributed by atoms with Gasteiger partial charge in [-0.25, -0.2) is 4.39 Å². The number of halogens is 1. The lowest BCUT2D eigenvalue weighted by Crippen LogP contribution is -2.11. The van der Waals surface area contributed by atoms with Crippen LogP contribution in [0.15, 0.2) is 54.6 Å². The van der Waals surface area contributed by atoms with Gasteiger partial charge in [-0.15, -0.1) is 11.3 Å². The van der Waals surface area contributed by atoms with E-state index in [1.165, 1.54) is 16.5 Å². The van der Waals surface area contributed by atoms with E-state index in [9.17, 15) is 4.39 Å². The van der Waals surface area contributed by atoms with Crippen molar-refractivity contribution < 1.29 is 4.39 Å². The molecule has 0 amide bonds. The van der Waals surface area contributed by atoms with Gasteiger partial charge in [-0.1, -0.05) is 30.3 Å². The molecule has 3 aromatic rings. The van der Waals surface area contributed by atoms with Gasteiger partial charge in [0, 0.05) is 22.7 Å². The molecule has 3 heteroatoms. The number of thiophene rings is 1. The van der Waals surface area contributed by atoms with E-state index < -0.39 is 0 Å². The van der Waals surface area contributed by atoms with Crippen LogP contribution in [0, 0.1) is 5.82 Å². The van der Waals surface area contributed by atoms with E-state index in [1.807, 2.05) is 24.3 Å². The summed E-state index contributed by atoms with van der Waals surface area (Å²) in [6.07, 6.45) is 0. The van der Waals surface area contributed by atoms with Crippen LogP contribution in [0.25, 0.3) is 10.1 Å². The van der Waals surface area contributed by atoms with Crippen molar-refractivity contribution >= 4 is 21.4 Å². The average molecular weight is 271 g/mol. The molecule has 0 spiro atoms. The van der Waals surface area contributed by atoms with Crippen LogP contribution >= 0.6 is 11.3 Å². The summed E-state index contributed by atoms with van der Waals surface area (Å²) < 4.78 is 14.2. The van der Waals surface area contributed by atoms with Crippen molar-refractivity contribution in [1.82, 2.24) is 5.32 Å². The molecule has 1 N–H and O–H groups in total. The van der Waals surface area contributed by atoms with E-state index in [4.69, 9.17) is 0 Å². The molecule has 0 aliphatic rings. The maximum Gasteiger partial charge on any atom is 0.123 e. The first kappa shape index (κ1) is 12.3. The van der Waals surface area contributed by atoms with Gasteiger partial charge < -0.3 is 5.32 Å². The third-order valence-electron chi connectivity index (χ3n) is 3.00. The van der Waals surface area contributed by atoms with Crippen LogP contribution in [0.3, 0.4) is 0 Å². The summed E-state index contributed by atoms with van der Waals surface area (Å²) in [5, 5.41) is 4.40. The lowest BCUT2D eigenvalue weighted by molar-refractivity contribution is 0.630. The molecule has 2 aromatic carbocycles. The van der Waals surface area contributed by atoms with Gasteiger partial charge in [0.05, 0.1) is 0 Å². The van der Waals surface area contributed by atoms with Gasteiger partial charge in [0.25, 0.3) is 0 Å². The molecule has 0 radical (unpaired) electrons. The Kier molecular flexibility index (Phi) is 3.58. The Hall–Kier alpha value is -1.71. The lowest BCUT2D eigenvalue weighted by Gasteiger charge is -2.02. The second-order valence-electron chi connectivity index (χ2n) is 4.48. The van der Waals surface area contributed by atoms with Crippen LogP contribution in [0.5, 0.6) is 0 Å². The Morgan fingerprint density at radius 3 is 2.63 bits per heavy atom. The molecule has 3 rings (SSSR count). The molecular weight excluding hydrogens is 257 g/mol. The highest BCUT2D eigenvalue weighted by atomic mass is 32.1. The first-order valence-corrected chi connectivity index (χ1v) is 7.05. The van der Waals surface area contributed by atoms with Gasteiger partial charge in [-0.05, 0) is 35.2 Å². The fourth-order valence-corrected chi connectivity index (χ4v) is 3.10. The molecule has 1 nitrogen and oxygen atoms in total. The molecule has 1 heterocycles. The molecule has 1 aromatic heterocycles. The summed E-state index contributed by atoms with van der Waals surface area (Å²) in [5.41, 5.74) is 1.27. The molecule has 0 unspecified atom stereocenters. The second kappa shape index (κ2) is 5.51. The molecule has 0 saturated heterocycles. The van der Waals surface area contributed by atoms with E-state index in [-0.39, 0.29) is 5.82 Å². The highest BCUT2D eigenvalue weighted by Gasteiger charge is 2.02. The second-order valence-corrected chi connectivity index (χ2v) is 5.65. The normalized spacial score (nSPS) is 11.0. The van der Waals surface area contributed by atoms with Gasteiger partial charge in [-0.2, -0.15) is 0 Å². The number of hydrogen-bond donors (Lipinski definition) is 1. The average Bonchev–Trinajstić information content (AvgIpc) is 2.82. The fraction of sp³-hybridized carbons (Fsp3) is 0.125. The van der Waals surface area contributed by atoms with Crippen molar-refractivity contribution in [3.63, 3.8) is 0 Å². The number of benzene rings is 2. The number of rotatable bonds is 4. The summed E-state index contributed by atoms with van der Waals surface area (Å²) in [4.78, 5) is 1.23. The van der Waals surface area contributed by atoms with E-state index in [1.54, 1.807) is 17.4 Å². The number of fused-ring (bicyclic) bond motifs is 1. The summed E-state index contributed by atoms with van der Waals surface area (Å²) in [6, 6.07) is 17.3. The molecule has 0 saturated carbocycles. The summed E-state index contributed by atoms with van der Waals surface area (Å²) >= 11 is 1.71. The van der Waals surface area contributed by atoms with Crippen molar-refractivity contribution in [2.75, 3.05) is 0 Å². The quantitative estimate of drug-likeness (QED) is 0.744. The zero-order valence-electron chi connectivity index (χ0n) is 10.4. The van der Waals surface area contributed by atoms with Crippen LogP contribution in [0.1, 0.15) is 10.4 Å². The van der Waals surface area contributed by atoms with E-state index in [0.717, 1.165) is 23.2 Å². The largest absolute Gasteiger partial charge is 0.308 e. The first-order valence-electron chi connectivity index (χ1n) is 6.24. The van der Waals surface area contributed by atoms with E-state index >= 15 is 0 Å². The molecule has 0 aliphatic heterocycles. The molecule has 0 bridgehead atoms. The minimum Gasteiger partial charge on any atom is -0.308 e. The predicted molar refractivity (Wildman–Crippen MR) is 78.8 cm³/mol. The third-order valence-corrected chi connectivity index (χ3v) is 4.12. The van der Waals surface area contributed by atoms with Crippen LogP contribution in [-0.4, -0.2) is 0 Å². The molecule has 0 fully saturated rings. The first-order chi connectivity index (χ1) is 9.31. The summed E-state index contributed by atoms with van der Waals surface area (Å²) in [7, 11) is 0. The standard InChI is InChI=1S/C16H14FNS/c17-14-6-7-16-13(8-14)9-15(19-16)11-18-10-12-4-2-1-3-5-12/h1-9,18H,10-11H2. The molecule has 0 atom stereocenters. The lowest BCUT2D eigenvalue weighted by atomic mass is 10.2. The maximum atomic E-state index is 13.1. The van der Waals surface area contributed by atoms with Crippen molar-refractivity contribution in [3.05, 3.63) is 70.9 Å². The van der Waals surface area contributed by atoms with Crippen LogP contribution < -0.4 is 5.32 Å². The van der Waals surface area contributed by atoms with E-state index in [0.29, 0.717) is 0 Å². The van der Waals surface area contributed by atoms with Gasteiger partial charge >= 0.3 is 0 Å². The zero-order valence-corrected chi connectivity index (χ0v) is 11.2. The summed E-state index contributed by atoms with van der Waals surface area (Å²) in [6.45, 7) is 1.67. The molecular formula is C16H14FNS. The molecule has 96 valence electrons. The Labute approximate surface area is 115 Å². The number of nitrogens with one attached hydrogen (secondary N) is 1.